The van der Waals surface area contributed by atoms with Gasteiger partial charge in [0.25, 0.3) is 11.5 Å². The first kappa shape index (κ1) is 28.8. The molecule has 2 aromatic carbocycles. The Bertz CT molecular complexity index is 1750. The van der Waals surface area contributed by atoms with Gasteiger partial charge in [-0.1, -0.05) is 42.2 Å². The Balaban J connectivity index is 1.25. The molecule has 2 aliphatic rings. The lowest BCUT2D eigenvalue weighted by Crippen LogP contribution is -2.47. The van der Waals surface area contributed by atoms with Gasteiger partial charge >= 0.3 is 0 Å². The molecule has 0 saturated carbocycles. The number of aromatic nitrogens is 2. The number of hydrogen-bond acceptors (Lipinski definition) is 9. The molecular formula is C32H31N5O4S2. The van der Waals surface area contributed by atoms with Crippen LogP contribution in [0.5, 0.6) is 11.5 Å². The third-order valence-electron chi connectivity index (χ3n) is 7.70. The third-order valence-corrected chi connectivity index (χ3v) is 9.08. The molecule has 6 rings (SSSR count). The van der Waals surface area contributed by atoms with Gasteiger partial charge < -0.3 is 19.3 Å². The number of pyridine rings is 1. The van der Waals surface area contributed by atoms with Gasteiger partial charge in [-0.2, -0.15) is 0 Å². The number of thioether (sulfide) groups is 1. The number of piperazine rings is 1. The maximum absolute atomic E-state index is 13.8. The summed E-state index contributed by atoms with van der Waals surface area (Å²) in [5.41, 5.74) is 2.92. The monoisotopic (exact) mass is 613 g/mol. The number of carbonyl (C=O) groups excluding carboxylic acids is 1. The summed E-state index contributed by atoms with van der Waals surface area (Å²) in [6, 6.07) is 21.3. The highest BCUT2D eigenvalue weighted by Gasteiger charge is 2.33. The second-order valence-corrected chi connectivity index (χ2v) is 11.9. The van der Waals surface area contributed by atoms with E-state index in [2.05, 4.69) is 21.9 Å². The van der Waals surface area contributed by atoms with Crippen LogP contribution in [0.2, 0.25) is 0 Å². The van der Waals surface area contributed by atoms with Crippen molar-refractivity contribution >= 4 is 57.4 Å². The van der Waals surface area contributed by atoms with Crippen LogP contribution in [0.3, 0.4) is 0 Å². The Morgan fingerprint density at radius 3 is 2.21 bits per heavy atom. The number of ether oxygens (including phenoxy) is 2. The number of fused-ring (bicyclic) bond motifs is 1. The summed E-state index contributed by atoms with van der Waals surface area (Å²) in [5, 5.41) is 0. The molecule has 4 heterocycles. The van der Waals surface area contributed by atoms with Crippen LogP contribution >= 0.6 is 24.0 Å². The fraction of sp³-hybridized carbons (Fsp3) is 0.250. The zero-order chi connectivity index (χ0) is 29.9. The summed E-state index contributed by atoms with van der Waals surface area (Å²) in [6.45, 7) is 3.31. The molecule has 0 aliphatic carbocycles. The maximum atomic E-state index is 13.8. The average Bonchev–Trinajstić information content (AvgIpc) is 3.32. The number of carbonyl (C=O) groups is 1. The van der Waals surface area contributed by atoms with Gasteiger partial charge in [0.15, 0.2) is 0 Å². The number of benzene rings is 2. The number of rotatable bonds is 8. The van der Waals surface area contributed by atoms with Crippen molar-refractivity contribution in [1.82, 2.24) is 14.3 Å². The van der Waals surface area contributed by atoms with E-state index in [-0.39, 0.29) is 11.5 Å². The summed E-state index contributed by atoms with van der Waals surface area (Å²) in [5.74, 6) is 1.98. The van der Waals surface area contributed by atoms with E-state index in [0.717, 1.165) is 35.8 Å². The van der Waals surface area contributed by atoms with Crippen molar-refractivity contribution in [2.24, 2.45) is 0 Å². The van der Waals surface area contributed by atoms with Crippen LogP contribution in [-0.4, -0.2) is 71.5 Å². The van der Waals surface area contributed by atoms with Crippen LogP contribution in [0.1, 0.15) is 11.1 Å². The predicted octanol–water partition coefficient (Wildman–Crippen LogP) is 4.48. The Kier molecular flexibility index (Phi) is 8.35. The molecule has 0 spiro atoms. The molecule has 2 saturated heterocycles. The number of hydrogen-bond donors (Lipinski definition) is 0. The molecule has 2 aromatic heterocycles. The zero-order valence-corrected chi connectivity index (χ0v) is 25.6. The first-order valence-corrected chi connectivity index (χ1v) is 15.2. The van der Waals surface area contributed by atoms with E-state index >= 15 is 0 Å². The molecule has 0 radical (unpaired) electrons. The lowest BCUT2D eigenvalue weighted by molar-refractivity contribution is -0.122. The molecule has 0 unspecified atom stereocenters. The lowest BCUT2D eigenvalue weighted by atomic mass is 10.1. The topological polar surface area (TPSA) is 79.6 Å². The third kappa shape index (κ3) is 5.95. The molecule has 11 heteroatoms. The van der Waals surface area contributed by atoms with Crippen molar-refractivity contribution in [2.45, 2.75) is 6.42 Å². The molecular weight excluding hydrogens is 583 g/mol. The fourth-order valence-corrected chi connectivity index (χ4v) is 6.58. The van der Waals surface area contributed by atoms with Crippen molar-refractivity contribution in [3.63, 3.8) is 0 Å². The van der Waals surface area contributed by atoms with Gasteiger partial charge in [-0.25, -0.2) is 4.98 Å². The quantitative estimate of drug-likeness (QED) is 0.211. The van der Waals surface area contributed by atoms with Crippen molar-refractivity contribution in [2.75, 3.05) is 56.7 Å². The van der Waals surface area contributed by atoms with Gasteiger partial charge in [0.1, 0.15) is 27.3 Å². The molecule has 0 bridgehead atoms. The summed E-state index contributed by atoms with van der Waals surface area (Å²) in [6.07, 6.45) is 4.02. The van der Waals surface area contributed by atoms with E-state index in [1.165, 1.54) is 16.2 Å². The maximum Gasteiger partial charge on any atom is 0.267 e. The molecule has 43 heavy (non-hydrogen) atoms. The zero-order valence-electron chi connectivity index (χ0n) is 23.9. The first-order valence-electron chi connectivity index (χ1n) is 14.0. The number of methoxy groups -OCH3 is 2. The minimum Gasteiger partial charge on any atom is -0.497 e. The number of amides is 1. The lowest BCUT2D eigenvalue weighted by Gasteiger charge is -2.37. The van der Waals surface area contributed by atoms with E-state index < -0.39 is 0 Å². The highest BCUT2D eigenvalue weighted by Crippen LogP contribution is 2.34. The molecule has 2 fully saturated rings. The summed E-state index contributed by atoms with van der Waals surface area (Å²) >= 11 is 6.82. The van der Waals surface area contributed by atoms with Gasteiger partial charge in [-0.3, -0.25) is 18.9 Å². The van der Waals surface area contributed by atoms with Gasteiger partial charge in [-0.05, 0) is 66.6 Å². The first-order chi connectivity index (χ1) is 20.9. The van der Waals surface area contributed by atoms with Crippen LogP contribution in [0.4, 0.5) is 11.5 Å². The minimum absolute atomic E-state index is 0.198. The van der Waals surface area contributed by atoms with E-state index in [0.29, 0.717) is 52.3 Å². The van der Waals surface area contributed by atoms with Crippen molar-refractivity contribution in [3.05, 3.63) is 99.3 Å². The predicted molar refractivity (Wildman–Crippen MR) is 175 cm³/mol. The minimum atomic E-state index is -0.221. The molecule has 220 valence electrons. The largest absolute Gasteiger partial charge is 0.497 e. The molecule has 2 aliphatic heterocycles. The normalized spacial score (nSPS) is 16.4. The highest BCUT2D eigenvalue weighted by molar-refractivity contribution is 8.26. The Labute approximate surface area is 259 Å². The second kappa shape index (κ2) is 12.5. The summed E-state index contributed by atoms with van der Waals surface area (Å²) in [4.78, 5) is 38.7. The smallest absolute Gasteiger partial charge is 0.267 e. The number of nitrogens with zero attached hydrogens (tertiary/aromatic N) is 5. The van der Waals surface area contributed by atoms with E-state index in [1.807, 2.05) is 48.5 Å². The average molecular weight is 614 g/mol. The van der Waals surface area contributed by atoms with Gasteiger partial charge in [0.05, 0.1) is 24.7 Å². The Morgan fingerprint density at radius 1 is 0.884 bits per heavy atom. The van der Waals surface area contributed by atoms with Crippen LogP contribution in [0.15, 0.2) is 82.6 Å². The molecule has 4 aromatic rings. The van der Waals surface area contributed by atoms with Crippen LogP contribution in [0, 0.1) is 0 Å². The highest BCUT2D eigenvalue weighted by atomic mass is 32.2. The molecule has 0 atom stereocenters. The van der Waals surface area contributed by atoms with E-state index in [1.54, 1.807) is 37.5 Å². The van der Waals surface area contributed by atoms with Crippen LogP contribution in [-0.2, 0) is 11.2 Å². The molecule has 9 nitrogen and oxygen atoms in total. The van der Waals surface area contributed by atoms with Gasteiger partial charge in [0, 0.05) is 44.6 Å². The Hall–Kier alpha value is -4.35. The van der Waals surface area contributed by atoms with E-state index in [9.17, 15) is 9.59 Å². The van der Waals surface area contributed by atoms with E-state index in [4.69, 9.17) is 26.7 Å². The summed E-state index contributed by atoms with van der Waals surface area (Å²) in [7, 11) is 3.29. The number of thiocarbonyl (C=S) groups is 1. The standard InChI is InChI=1S/C32H31N5O4S2/c1-40-24-10-6-22(7-11-24)14-16-37-31(39)27(43-32(37)42)21-26-29(33-28-5-3-4-15-36(28)30(26)38)35-19-17-34(18-20-35)23-8-12-25(41-2)13-9-23/h3-13,15,21H,14,16-20H2,1-2H3/b27-21-. The SMILES string of the molecule is COc1ccc(CCN2C(=O)/C(=C/c3c(N4CCN(c5ccc(OC)cc5)CC4)nc4ccccn4c3=O)SC2=S)cc1. The van der Waals surface area contributed by atoms with Crippen molar-refractivity contribution < 1.29 is 14.3 Å². The van der Waals surface area contributed by atoms with Crippen molar-refractivity contribution in [1.29, 1.82) is 0 Å². The summed E-state index contributed by atoms with van der Waals surface area (Å²) < 4.78 is 12.5. The van der Waals surface area contributed by atoms with Gasteiger partial charge in [-0.15, -0.1) is 0 Å². The van der Waals surface area contributed by atoms with Crippen LogP contribution in [0.25, 0.3) is 11.7 Å². The number of anilines is 2. The second-order valence-electron chi connectivity index (χ2n) is 10.2. The fourth-order valence-electron chi connectivity index (χ4n) is 5.28. The molecule has 1 amide bonds. The Morgan fingerprint density at radius 2 is 1.53 bits per heavy atom. The molecule has 0 N–H and O–H groups in total. The van der Waals surface area contributed by atoms with Gasteiger partial charge in [0.2, 0.25) is 0 Å². The van der Waals surface area contributed by atoms with Crippen LogP contribution < -0.4 is 24.8 Å². The van der Waals surface area contributed by atoms with Crippen molar-refractivity contribution in [3.8, 4) is 11.5 Å².